The van der Waals surface area contributed by atoms with E-state index in [4.69, 9.17) is 18.0 Å². The van der Waals surface area contributed by atoms with Crippen LogP contribution in [-0.4, -0.2) is 11.0 Å². The maximum atomic E-state index is 5.62. The third-order valence-electron chi connectivity index (χ3n) is 3.15. The second-order valence-corrected chi connectivity index (χ2v) is 6.25. The van der Waals surface area contributed by atoms with Crippen molar-refractivity contribution in [3.05, 3.63) is 28.2 Å². The Bertz CT molecular complexity index is 421. The molecule has 0 bridgehead atoms. The molecule has 0 amide bonds. The van der Waals surface area contributed by atoms with E-state index in [9.17, 15) is 0 Å². The standard InChI is InChI=1S/C15H23BrN2S/c1-3-4-5-6-7-11(2)18-14-9-8-12(15(17)19)10-13(14)16/h8-11,18H,3-7H2,1-2H3,(H2,17,19). The van der Waals surface area contributed by atoms with Gasteiger partial charge in [0.15, 0.2) is 0 Å². The number of nitrogens with two attached hydrogens (primary N) is 1. The Balaban J connectivity index is 2.50. The van der Waals surface area contributed by atoms with Crippen LogP contribution in [-0.2, 0) is 0 Å². The molecule has 0 aromatic heterocycles. The average Bonchev–Trinajstić information content (AvgIpc) is 2.37. The Kier molecular flexibility index (Phi) is 7.39. The predicted octanol–water partition coefficient (Wildman–Crippen LogP) is 4.85. The van der Waals surface area contributed by atoms with Crippen molar-refractivity contribution < 1.29 is 0 Å². The maximum Gasteiger partial charge on any atom is 0.104 e. The number of nitrogens with one attached hydrogen (secondary N) is 1. The topological polar surface area (TPSA) is 38.0 Å². The fraction of sp³-hybridized carbons (Fsp3) is 0.533. The average molecular weight is 343 g/mol. The molecule has 1 rings (SSSR count). The zero-order valence-corrected chi connectivity index (χ0v) is 14.1. The number of hydrogen-bond acceptors (Lipinski definition) is 2. The van der Waals surface area contributed by atoms with Crippen molar-refractivity contribution in [2.45, 2.75) is 52.0 Å². The van der Waals surface area contributed by atoms with Gasteiger partial charge in [-0.3, -0.25) is 0 Å². The third kappa shape index (κ3) is 5.91. The highest BCUT2D eigenvalue weighted by molar-refractivity contribution is 9.10. The normalized spacial score (nSPS) is 12.2. The van der Waals surface area contributed by atoms with Gasteiger partial charge in [0.25, 0.3) is 0 Å². The van der Waals surface area contributed by atoms with Crippen molar-refractivity contribution in [2.24, 2.45) is 5.73 Å². The fourth-order valence-electron chi connectivity index (χ4n) is 2.00. The van der Waals surface area contributed by atoms with Crippen LogP contribution < -0.4 is 11.1 Å². The van der Waals surface area contributed by atoms with Gasteiger partial charge in [0.2, 0.25) is 0 Å². The lowest BCUT2D eigenvalue weighted by Gasteiger charge is -2.17. The van der Waals surface area contributed by atoms with E-state index in [1.807, 2.05) is 18.2 Å². The summed E-state index contributed by atoms with van der Waals surface area (Å²) in [7, 11) is 0. The van der Waals surface area contributed by atoms with Crippen molar-refractivity contribution in [1.82, 2.24) is 0 Å². The van der Waals surface area contributed by atoms with E-state index in [2.05, 4.69) is 35.1 Å². The molecule has 0 fully saturated rings. The summed E-state index contributed by atoms with van der Waals surface area (Å²) in [6.45, 7) is 4.46. The number of anilines is 1. The fourth-order valence-corrected chi connectivity index (χ4v) is 2.62. The van der Waals surface area contributed by atoms with Gasteiger partial charge >= 0.3 is 0 Å². The van der Waals surface area contributed by atoms with Crippen LogP contribution in [0.1, 0.15) is 51.5 Å². The van der Waals surface area contributed by atoms with Gasteiger partial charge < -0.3 is 11.1 Å². The predicted molar refractivity (Wildman–Crippen MR) is 91.9 cm³/mol. The molecule has 106 valence electrons. The summed E-state index contributed by atoms with van der Waals surface area (Å²) in [5.74, 6) is 0. The minimum atomic E-state index is 0.430. The number of benzene rings is 1. The smallest absolute Gasteiger partial charge is 0.104 e. The van der Waals surface area contributed by atoms with Crippen LogP contribution in [0.5, 0.6) is 0 Å². The summed E-state index contributed by atoms with van der Waals surface area (Å²) < 4.78 is 1.01. The summed E-state index contributed by atoms with van der Waals surface area (Å²) in [6, 6.07) is 6.43. The summed E-state index contributed by atoms with van der Waals surface area (Å²) in [5.41, 5.74) is 7.61. The molecule has 0 spiro atoms. The van der Waals surface area contributed by atoms with Gasteiger partial charge in [-0.05, 0) is 47.5 Å². The van der Waals surface area contributed by atoms with Crippen LogP contribution in [0.2, 0.25) is 0 Å². The minimum absolute atomic E-state index is 0.430. The number of unbranched alkanes of at least 4 members (excludes halogenated alkanes) is 3. The van der Waals surface area contributed by atoms with Gasteiger partial charge in [-0.25, -0.2) is 0 Å². The molecule has 2 nitrogen and oxygen atoms in total. The molecule has 19 heavy (non-hydrogen) atoms. The second kappa shape index (κ2) is 8.54. The van der Waals surface area contributed by atoms with E-state index in [-0.39, 0.29) is 0 Å². The molecule has 0 aliphatic heterocycles. The molecule has 1 atom stereocenters. The molecule has 0 radical (unpaired) electrons. The van der Waals surface area contributed by atoms with Gasteiger partial charge in [-0.2, -0.15) is 0 Å². The van der Waals surface area contributed by atoms with Gasteiger partial charge in [0.1, 0.15) is 4.99 Å². The molecule has 4 heteroatoms. The molecular formula is C15H23BrN2S. The Morgan fingerprint density at radius 1 is 1.37 bits per heavy atom. The second-order valence-electron chi connectivity index (χ2n) is 4.95. The molecule has 1 aromatic carbocycles. The molecule has 0 saturated carbocycles. The first kappa shape index (κ1) is 16.4. The SMILES string of the molecule is CCCCCCC(C)Nc1ccc(C(N)=S)cc1Br. The van der Waals surface area contributed by atoms with E-state index in [0.717, 1.165) is 15.7 Å². The van der Waals surface area contributed by atoms with Gasteiger partial charge in [-0.15, -0.1) is 0 Å². The lowest BCUT2D eigenvalue weighted by molar-refractivity contribution is 0.594. The van der Waals surface area contributed by atoms with Crippen molar-refractivity contribution in [3.63, 3.8) is 0 Å². The zero-order chi connectivity index (χ0) is 14.3. The number of thiocarbonyl (C=S) groups is 1. The monoisotopic (exact) mass is 342 g/mol. The molecule has 1 unspecified atom stereocenters. The zero-order valence-electron chi connectivity index (χ0n) is 11.7. The van der Waals surface area contributed by atoms with Crippen LogP contribution >= 0.6 is 28.1 Å². The van der Waals surface area contributed by atoms with E-state index in [1.54, 1.807) is 0 Å². The van der Waals surface area contributed by atoms with Crippen molar-refractivity contribution >= 4 is 38.8 Å². The lowest BCUT2D eigenvalue weighted by Crippen LogP contribution is -2.16. The largest absolute Gasteiger partial charge is 0.389 e. The van der Waals surface area contributed by atoms with Crippen LogP contribution in [0, 0.1) is 0 Å². The van der Waals surface area contributed by atoms with E-state index in [0.29, 0.717) is 11.0 Å². The summed E-state index contributed by atoms with van der Waals surface area (Å²) >= 11 is 8.53. The number of hydrogen-bond donors (Lipinski definition) is 2. The lowest BCUT2D eigenvalue weighted by atomic mass is 10.1. The van der Waals surface area contributed by atoms with Crippen molar-refractivity contribution in [2.75, 3.05) is 5.32 Å². The van der Waals surface area contributed by atoms with Gasteiger partial charge in [-0.1, -0.05) is 44.8 Å². The first-order valence-electron chi connectivity index (χ1n) is 6.90. The molecule has 1 aromatic rings. The number of rotatable bonds is 8. The highest BCUT2D eigenvalue weighted by Crippen LogP contribution is 2.25. The Morgan fingerprint density at radius 2 is 2.11 bits per heavy atom. The maximum absolute atomic E-state index is 5.62. The highest BCUT2D eigenvalue weighted by atomic mass is 79.9. The first-order valence-corrected chi connectivity index (χ1v) is 8.10. The molecule has 0 aliphatic rings. The van der Waals surface area contributed by atoms with Crippen LogP contribution in [0.25, 0.3) is 0 Å². The summed E-state index contributed by atoms with van der Waals surface area (Å²) in [6.07, 6.45) is 6.42. The van der Waals surface area contributed by atoms with E-state index < -0.39 is 0 Å². The molecule has 0 saturated heterocycles. The quantitative estimate of drug-likeness (QED) is 0.523. The van der Waals surface area contributed by atoms with Crippen molar-refractivity contribution in [1.29, 1.82) is 0 Å². The molecule has 0 aliphatic carbocycles. The van der Waals surface area contributed by atoms with Crippen LogP contribution in [0.3, 0.4) is 0 Å². The minimum Gasteiger partial charge on any atom is -0.389 e. The first-order chi connectivity index (χ1) is 9.04. The van der Waals surface area contributed by atoms with Crippen LogP contribution in [0.15, 0.2) is 22.7 Å². The Labute approximate surface area is 130 Å². The van der Waals surface area contributed by atoms with Gasteiger partial charge in [0, 0.05) is 21.8 Å². The summed E-state index contributed by atoms with van der Waals surface area (Å²) in [4.78, 5) is 0.430. The molecular weight excluding hydrogens is 320 g/mol. The third-order valence-corrected chi connectivity index (χ3v) is 4.04. The highest BCUT2D eigenvalue weighted by Gasteiger charge is 2.06. The Morgan fingerprint density at radius 3 is 2.68 bits per heavy atom. The number of halogens is 1. The van der Waals surface area contributed by atoms with Gasteiger partial charge in [0.05, 0.1) is 0 Å². The van der Waals surface area contributed by atoms with Crippen LogP contribution in [0.4, 0.5) is 5.69 Å². The Hall–Kier alpha value is -0.610. The van der Waals surface area contributed by atoms with E-state index in [1.165, 1.54) is 32.1 Å². The molecule has 0 heterocycles. The summed E-state index contributed by atoms with van der Waals surface area (Å²) in [5, 5.41) is 3.52. The van der Waals surface area contributed by atoms with Crippen molar-refractivity contribution in [3.8, 4) is 0 Å². The van der Waals surface area contributed by atoms with E-state index >= 15 is 0 Å². The molecule has 3 N–H and O–H groups in total.